The van der Waals surface area contributed by atoms with Crippen molar-refractivity contribution in [3.63, 3.8) is 0 Å². The maximum Gasteiger partial charge on any atom is 0.315 e. The Hall–Kier alpha value is -0.380. The molecule has 2 amide bonds. The van der Waals surface area contributed by atoms with E-state index in [1.54, 1.807) is 0 Å². The van der Waals surface area contributed by atoms with Gasteiger partial charge in [-0.15, -0.1) is 0 Å². The van der Waals surface area contributed by atoms with Crippen LogP contribution in [0.3, 0.4) is 0 Å². The van der Waals surface area contributed by atoms with Crippen LogP contribution in [0.5, 0.6) is 0 Å². The molecule has 0 spiro atoms. The topological polar surface area (TPSA) is 41.1 Å². The summed E-state index contributed by atoms with van der Waals surface area (Å²) in [5.41, 5.74) is 0. The lowest BCUT2D eigenvalue weighted by Crippen LogP contribution is -2.36. The van der Waals surface area contributed by atoms with Crippen LogP contribution in [0.2, 0.25) is 0 Å². The van der Waals surface area contributed by atoms with Gasteiger partial charge in [0.25, 0.3) is 0 Å². The van der Waals surface area contributed by atoms with Crippen molar-refractivity contribution in [2.75, 3.05) is 5.75 Å². The summed E-state index contributed by atoms with van der Waals surface area (Å²) in [7, 11) is 0. The van der Waals surface area contributed by atoms with Crippen LogP contribution in [0.4, 0.5) is 4.79 Å². The van der Waals surface area contributed by atoms with Crippen molar-refractivity contribution in [1.82, 2.24) is 10.6 Å². The first-order valence-electron chi connectivity index (χ1n) is 5.50. The SMILES string of the molecule is CC.CCCC1SCC2NC(=O)NC21. The number of hydrogen-bond acceptors (Lipinski definition) is 2. The summed E-state index contributed by atoms with van der Waals surface area (Å²) >= 11 is 1.98. The van der Waals surface area contributed by atoms with Gasteiger partial charge in [-0.25, -0.2) is 4.79 Å². The maximum atomic E-state index is 11.0. The van der Waals surface area contributed by atoms with E-state index in [1.807, 2.05) is 25.6 Å². The van der Waals surface area contributed by atoms with Gasteiger partial charge in [0.2, 0.25) is 0 Å². The third kappa shape index (κ3) is 2.35. The third-order valence-electron chi connectivity index (χ3n) is 2.51. The highest BCUT2D eigenvalue weighted by Crippen LogP contribution is 2.32. The van der Waals surface area contributed by atoms with E-state index in [0.29, 0.717) is 17.3 Å². The highest BCUT2D eigenvalue weighted by molar-refractivity contribution is 8.00. The second-order valence-corrected chi connectivity index (χ2v) is 4.68. The van der Waals surface area contributed by atoms with Gasteiger partial charge in [-0.3, -0.25) is 0 Å². The molecule has 3 nitrogen and oxygen atoms in total. The van der Waals surface area contributed by atoms with Gasteiger partial charge in [0, 0.05) is 11.0 Å². The molecule has 2 aliphatic heterocycles. The van der Waals surface area contributed by atoms with Crippen LogP contribution < -0.4 is 10.6 Å². The Morgan fingerprint density at radius 1 is 1.43 bits per heavy atom. The van der Waals surface area contributed by atoms with Crippen LogP contribution in [0.1, 0.15) is 33.6 Å². The second-order valence-electron chi connectivity index (χ2n) is 3.41. The van der Waals surface area contributed by atoms with Crippen molar-refractivity contribution in [3.05, 3.63) is 0 Å². The smallest absolute Gasteiger partial charge is 0.315 e. The number of carbonyl (C=O) groups is 1. The van der Waals surface area contributed by atoms with Gasteiger partial charge in [0.15, 0.2) is 0 Å². The number of rotatable bonds is 2. The fourth-order valence-corrected chi connectivity index (χ4v) is 3.54. The van der Waals surface area contributed by atoms with Crippen molar-refractivity contribution in [3.8, 4) is 0 Å². The number of thioether (sulfide) groups is 1. The fourth-order valence-electron chi connectivity index (χ4n) is 1.93. The predicted octanol–water partition coefficient (Wildman–Crippen LogP) is 1.98. The molecule has 2 heterocycles. The van der Waals surface area contributed by atoms with E-state index < -0.39 is 0 Å². The van der Waals surface area contributed by atoms with E-state index in [1.165, 1.54) is 12.8 Å². The molecule has 2 N–H and O–H groups in total. The molecule has 3 atom stereocenters. The number of amides is 2. The number of urea groups is 1. The van der Waals surface area contributed by atoms with Crippen LogP contribution in [-0.4, -0.2) is 29.1 Å². The minimum absolute atomic E-state index is 0.0198. The zero-order valence-corrected chi connectivity index (χ0v) is 9.99. The Bertz CT molecular complexity index is 197. The molecule has 0 bridgehead atoms. The standard InChI is InChI=1S/C8H14N2OS.C2H6/c1-2-3-6-7-5(4-12-6)9-8(11)10-7;1-2/h5-7H,2-4H2,1H3,(H2,9,10,11);1-2H3. The first-order chi connectivity index (χ1) is 6.81. The van der Waals surface area contributed by atoms with E-state index in [2.05, 4.69) is 17.6 Å². The van der Waals surface area contributed by atoms with Gasteiger partial charge in [0.05, 0.1) is 12.1 Å². The molecule has 82 valence electrons. The summed E-state index contributed by atoms with van der Waals surface area (Å²) < 4.78 is 0. The average Bonchev–Trinajstić information content (AvgIpc) is 2.71. The quantitative estimate of drug-likeness (QED) is 0.693. The van der Waals surface area contributed by atoms with E-state index >= 15 is 0 Å². The van der Waals surface area contributed by atoms with E-state index in [9.17, 15) is 4.79 Å². The van der Waals surface area contributed by atoms with E-state index in [4.69, 9.17) is 0 Å². The highest BCUT2D eigenvalue weighted by Gasteiger charge is 2.42. The fraction of sp³-hybridized carbons (Fsp3) is 0.900. The molecular weight excluding hydrogens is 196 g/mol. The Kier molecular flexibility index (Phi) is 4.58. The predicted molar refractivity (Wildman–Crippen MR) is 61.7 cm³/mol. The number of fused-ring (bicyclic) bond motifs is 1. The first kappa shape index (κ1) is 11.7. The zero-order valence-electron chi connectivity index (χ0n) is 9.17. The highest BCUT2D eigenvalue weighted by atomic mass is 32.2. The minimum Gasteiger partial charge on any atom is -0.332 e. The van der Waals surface area contributed by atoms with E-state index in [-0.39, 0.29) is 6.03 Å². The van der Waals surface area contributed by atoms with Gasteiger partial charge >= 0.3 is 6.03 Å². The van der Waals surface area contributed by atoms with Crippen molar-refractivity contribution < 1.29 is 4.79 Å². The summed E-state index contributed by atoms with van der Waals surface area (Å²) in [6, 6.07) is 0.799. The molecule has 14 heavy (non-hydrogen) atoms. The van der Waals surface area contributed by atoms with Crippen molar-refractivity contribution in [1.29, 1.82) is 0 Å². The molecule has 2 fully saturated rings. The summed E-state index contributed by atoms with van der Waals surface area (Å²) in [6.07, 6.45) is 2.42. The summed E-state index contributed by atoms with van der Waals surface area (Å²) in [5, 5.41) is 6.55. The Labute approximate surface area is 90.4 Å². The summed E-state index contributed by atoms with van der Waals surface area (Å²) in [4.78, 5) is 11.0. The molecule has 0 aromatic heterocycles. The molecule has 4 heteroatoms. The maximum absolute atomic E-state index is 11.0. The van der Waals surface area contributed by atoms with Gasteiger partial charge in [-0.1, -0.05) is 27.2 Å². The molecule has 2 aliphatic rings. The lowest BCUT2D eigenvalue weighted by molar-refractivity contribution is 0.247. The number of hydrogen-bond donors (Lipinski definition) is 2. The molecule has 0 saturated carbocycles. The first-order valence-corrected chi connectivity index (χ1v) is 6.54. The monoisotopic (exact) mass is 216 g/mol. The molecule has 0 radical (unpaired) electrons. The van der Waals surface area contributed by atoms with Crippen molar-refractivity contribution in [2.24, 2.45) is 0 Å². The lowest BCUT2D eigenvalue weighted by Gasteiger charge is -2.15. The second kappa shape index (κ2) is 5.49. The van der Waals surface area contributed by atoms with Crippen LogP contribution in [-0.2, 0) is 0 Å². The molecular formula is C10H20N2OS. The average molecular weight is 216 g/mol. The molecule has 0 aliphatic carbocycles. The zero-order chi connectivity index (χ0) is 10.6. The summed E-state index contributed by atoms with van der Waals surface area (Å²) in [5.74, 6) is 1.08. The number of carbonyl (C=O) groups excluding carboxylic acids is 1. The molecule has 0 aromatic rings. The Morgan fingerprint density at radius 2 is 2.14 bits per heavy atom. The van der Waals surface area contributed by atoms with Crippen LogP contribution >= 0.6 is 11.8 Å². The normalized spacial score (nSPS) is 33.9. The third-order valence-corrected chi connectivity index (χ3v) is 4.02. The van der Waals surface area contributed by atoms with Gasteiger partial charge < -0.3 is 10.6 Å². The lowest BCUT2D eigenvalue weighted by atomic mass is 10.1. The van der Waals surface area contributed by atoms with Gasteiger partial charge in [-0.05, 0) is 6.42 Å². The van der Waals surface area contributed by atoms with Crippen LogP contribution in [0, 0.1) is 0 Å². The molecule has 2 rings (SSSR count). The van der Waals surface area contributed by atoms with Gasteiger partial charge in [-0.2, -0.15) is 11.8 Å². The minimum atomic E-state index is 0.0198. The van der Waals surface area contributed by atoms with E-state index in [0.717, 1.165) is 5.75 Å². The Morgan fingerprint density at radius 3 is 2.79 bits per heavy atom. The Balaban J connectivity index is 0.000000461. The van der Waals surface area contributed by atoms with Crippen LogP contribution in [0.25, 0.3) is 0 Å². The largest absolute Gasteiger partial charge is 0.332 e. The van der Waals surface area contributed by atoms with Crippen molar-refractivity contribution in [2.45, 2.75) is 50.9 Å². The van der Waals surface area contributed by atoms with Gasteiger partial charge in [0.1, 0.15) is 0 Å². The van der Waals surface area contributed by atoms with Crippen LogP contribution in [0.15, 0.2) is 0 Å². The summed E-state index contributed by atoms with van der Waals surface area (Å²) in [6.45, 7) is 6.19. The molecule has 0 aromatic carbocycles. The number of nitrogens with one attached hydrogen (secondary N) is 2. The molecule has 2 saturated heterocycles. The van der Waals surface area contributed by atoms with Crippen molar-refractivity contribution >= 4 is 17.8 Å². The molecule has 3 unspecified atom stereocenters.